The molecule has 152 valence electrons. The number of para-hydroxylation sites is 1. The number of imide groups is 1. The van der Waals surface area contributed by atoms with Gasteiger partial charge in [0.15, 0.2) is 0 Å². The number of aromatic hydroxyl groups is 1. The van der Waals surface area contributed by atoms with E-state index in [-0.39, 0.29) is 10.7 Å². The van der Waals surface area contributed by atoms with Gasteiger partial charge >= 0.3 is 0 Å². The van der Waals surface area contributed by atoms with Gasteiger partial charge in [0, 0.05) is 18.1 Å². The van der Waals surface area contributed by atoms with Crippen LogP contribution in [0.4, 0.5) is 4.79 Å². The minimum atomic E-state index is -0.615. The summed E-state index contributed by atoms with van der Waals surface area (Å²) in [5.41, 5.74) is 2.00. The van der Waals surface area contributed by atoms with Gasteiger partial charge in [-0.05, 0) is 47.7 Å². The molecule has 0 spiro atoms. The molecule has 0 aromatic heterocycles. The molecule has 0 bridgehead atoms. The van der Waals surface area contributed by atoms with E-state index in [9.17, 15) is 19.5 Å². The van der Waals surface area contributed by atoms with Crippen molar-refractivity contribution in [3.8, 4) is 11.5 Å². The molecule has 0 aliphatic carbocycles. The van der Waals surface area contributed by atoms with Crippen LogP contribution in [0.15, 0.2) is 64.6 Å². The number of ether oxygens (including phenoxy) is 1. The molecule has 1 fully saturated rings. The molecule has 2 aliphatic rings. The molecular formula is C21H17N3O5S. The number of rotatable bonds is 4. The Morgan fingerprint density at radius 2 is 1.97 bits per heavy atom. The summed E-state index contributed by atoms with van der Waals surface area (Å²) in [7, 11) is 1.58. The molecule has 1 saturated heterocycles. The van der Waals surface area contributed by atoms with Crippen LogP contribution in [0, 0.1) is 0 Å². The third-order valence-electron chi connectivity index (χ3n) is 4.75. The van der Waals surface area contributed by atoms with Gasteiger partial charge in [-0.15, -0.1) is 0 Å². The fraction of sp³-hybridized carbons (Fsp3) is 0.143. The van der Waals surface area contributed by atoms with Gasteiger partial charge < -0.3 is 9.84 Å². The number of amides is 3. The van der Waals surface area contributed by atoms with E-state index in [0.717, 1.165) is 11.6 Å². The first kappa shape index (κ1) is 19.7. The maximum absolute atomic E-state index is 13.0. The number of carbonyl (C=O) groups excluding carboxylic acids is 3. The summed E-state index contributed by atoms with van der Waals surface area (Å²) in [4.78, 5) is 36.2. The Balaban J connectivity index is 1.70. The number of nitrogens with zero attached hydrogens (tertiary/aromatic N) is 2. The van der Waals surface area contributed by atoms with Crippen molar-refractivity contribution in [3.63, 3.8) is 0 Å². The highest BCUT2D eigenvalue weighted by atomic mass is 32.2. The van der Waals surface area contributed by atoms with Crippen LogP contribution >= 0.6 is 11.8 Å². The molecule has 4 rings (SSSR count). The summed E-state index contributed by atoms with van der Waals surface area (Å²) in [6, 6.07) is 13.4. The number of nitrogens with one attached hydrogen (secondary N) is 1. The number of benzene rings is 2. The topological polar surface area (TPSA) is 108 Å². The van der Waals surface area contributed by atoms with Crippen molar-refractivity contribution in [1.82, 2.24) is 10.3 Å². The van der Waals surface area contributed by atoms with Crippen LogP contribution in [0.25, 0.3) is 0 Å². The molecule has 1 atom stereocenters. The van der Waals surface area contributed by atoms with E-state index in [1.807, 2.05) is 12.1 Å². The van der Waals surface area contributed by atoms with Crippen molar-refractivity contribution in [2.24, 2.45) is 5.10 Å². The molecule has 9 heteroatoms. The van der Waals surface area contributed by atoms with E-state index in [2.05, 4.69) is 10.4 Å². The fourth-order valence-corrected chi connectivity index (χ4v) is 3.93. The zero-order valence-electron chi connectivity index (χ0n) is 15.9. The highest BCUT2D eigenvalue weighted by Gasteiger charge is 2.35. The first-order chi connectivity index (χ1) is 14.5. The average Bonchev–Trinajstić information content (AvgIpc) is 3.31. The van der Waals surface area contributed by atoms with Gasteiger partial charge in [0.25, 0.3) is 17.1 Å². The van der Waals surface area contributed by atoms with Crippen LogP contribution in [0.1, 0.15) is 23.6 Å². The number of hydrazone groups is 1. The van der Waals surface area contributed by atoms with Crippen molar-refractivity contribution in [2.75, 3.05) is 7.11 Å². The molecule has 2 N–H and O–H groups in total. The Morgan fingerprint density at radius 3 is 2.60 bits per heavy atom. The average molecular weight is 423 g/mol. The van der Waals surface area contributed by atoms with Crippen LogP contribution in [-0.4, -0.2) is 40.0 Å². The monoisotopic (exact) mass is 423 g/mol. The smallest absolute Gasteiger partial charge is 0.290 e. The van der Waals surface area contributed by atoms with Crippen molar-refractivity contribution in [3.05, 3.63) is 70.6 Å². The number of phenols is 1. The molecule has 2 aromatic rings. The molecule has 1 unspecified atom stereocenters. The second kappa shape index (κ2) is 8.03. The summed E-state index contributed by atoms with van der Waals surface area (Å²) in [6.07, 6.45) is 1.47. The first-order valence-corrected chi connectivity index (χ1v) is 9.86. The lowest BCUT2D eigenvalue weighted by Gasteiger charge is -2.21. The third kappa shape index (κ3) is 3.79. The van der Waals surface area contributed by atoms with Crippen molar-refractivity contribution in [1.29, 1.82) is 0 Å². The lowest BCUT2D eigenvalue weighted by atomic mass is 9.97. The number of methoxy groups -OCH3 is 1. The zero-order chi connectivity index (χ0) is 21.3. The van der Waals surface area contributed by atoms with Gasteiger partial charge in [0.2, 0.25) is 0 Å². The lowest BCUT2D eigenvalue weighted by Crippen LogP contribution is -2.26. The third-order valence-corrected chi connectivity index (χ3v) is 5.56. The van der Waals surface area contributed by atoms with Crippen molar-refractivity contribution < 1.29 is 24.2 Å². The van der Waals surface area contributed by atoms with Crippen LogP contribution in [-0.2, 0) is 9.59 Å². The van der Waals surface area contributed by atoms with E-state index in [4.69, 9.17) is 4.74 Å². The Bertz CT molecular complexity index is 1090. The van der Waals surface area contributed by atoms with Crippen LogP contribution in [0.3, 0.4) is 0 Å². The summed E-state index contributed by atoms with van der Waals surface area (Å²) in [5.74, 6) is -0.432. The van der Waals surface area contributed by atoms with Crippen molar-refractivity contribution in [2.45, 2.75) is 12.5 Å². The number of hydrogen-bond donors (Lipinski definition) is 2. The summed E-state index contributed by atoms with van der Waals surface area (Å²) < 4.78 is 5.18. The van der Waals surface area contributed by atoms with E-state index in [1.165, 1.54) is 5.01 Å². The van der Waals surface area contributed by atoms with E-state index >= 15 is 0 Å². The molecule has 3 amide bonds. The Labute approximate surface area is 176 Å². The minimum Gasteiger partial charge on any atom is -0.508 e. The molecule has 0 saturated carbocycles. The largest absolute Gasteiger partial charge is 0.508 e. The number of phenolic OH excluding ortho intramolecular Hbond substituents is 1. The second-order valence-corrected chi connectivity index (χ2v) is 7.60. The highest BCUT2D eigenvalue weighted by molar-refractivity contribution is 8.18. The predicted molar refractivity (Wildman–Crippen MR) is 111 cm³/mol. The molecular weight excluding hydrogens is 406 g/mol. The quantitative estimate of drug-likeness (QED) is 0.732. The van der Waals surface area contributed by atoms with Gasteiger partial charge in [0.05, 0.1) is 23.8 Å². The predicted octanol–water partition coefficient (Wildman–Crippen LogP) is 2.95. The Hall–Kier alpha value is -3.59. The van der Waals surface area contributed by atoms with Gasteiger partial charge in [-0.1, -0.05) is 18.2 Å². The summed E-state index contributed by atoms with van der Waals surface area (Å²) >= 11 is 0.665. The molecule has 0 radical (unpaired) electrons. The fourth-order valence-electron chi connectivity index (χ4n) is 3.28. The Morgan fingerprint density at radius 1 is 1.23 bits per heavy atom. The molecule has 2 aromatic carbocycles. The number of hydrogen-bond acceptors (Lipinski definition) is 7. The highest BCUT2D eigenvalue weighted by Crippen LogP contribution is 2.37. The molecule has 2 heterocycles. The van der Waals surface area contributed by atoms with Gasteiger partial charge in [0.1, 0.15) is 11.5 Å². The lowest BCUT2D eigenvalue weighted by molar-refractivity contribution is -0.128. The maximum Gasteiger partial charge on any atom is 0.290 e. The van der Waals surface area contributed by atoms with Crippen LogP contribution in [0.2, 0.25) is 0 Å². The zero-order valence-corrected chi connectivity index (χ0v) is 16.7. The van der Waals surface area contributed by atoms with Crippen LogP contribution in [0.5, 0.6) is 11.5 Å². The van der Waals surface area contributed by atoms with Gasteiger partial charge in [-0.25, -0.2) is 5.01 Å². The second-order valence-electron chi connectivity index (χ2n) is 6.59. The summed E-state index contributed by atoms with van der Waals surface area (Å²) in [5, 5.41) is 17.6. The first-order valence-electron chi connectivity index (χ1n) is 9.04. The number of thioether (sulfide) groups is 1. The minimum absolute atomic E-state index is 0.00845. The summed E-state index contributed by atoms with van der Waals surface area (Å²) in [6.45, 7) is 0. The standard InChI is InChI=1S/C21H17N3O5S/c1-29-13-8-6-12(7-9-13)15-10-16(14-4-2-3-5-17(14)25)24(23-15)19(26)11-18-20(27)22-21(28)30-18/h2-9,11,16,25H,10H2,1H3,(H,22,27,28). The number of carbonyl (C=O) groups is 3. The van der Waals surface area contributed by atoms with Crippen LogP contribution < -0.4 is 10.1 Å². The van der Waals surface area contributed by atoms with E-state index in [0.29, 0.717) is 35.2 Å². The molecule has 8 nitrogen and oxygen atoms in total. The molecule has 2 aliphatic heterocycles. The van der Waals surface area contributed by atoms with E-state index < -0.39 is 23.1 Å². The SMILES string of the molecule is COc1ccc(C2=NN(C(=O)C=C3SC(=O)NC3=O)C(c3ccccc3O)C2)cc1. The van der Waals surface area contributed by atoms with Crippen molar-refractivity contribution >= 4 is 34.5 Å². The molecule has 30 heavy (non-hydrogen) atoms. The normalized spacial score (nSPS) is 19.8. The Kier molecular flexibility index (Phi) is 5.28. The maximum atomic E-state index is 13.0. The van der Waals surface area contributed by atoms with Gasteiger partial charge in [-0.3, -0.25) is 19.7 Å². The van der Waals surface area contributed by atoms with E-state index in [1.54, 1.807) is 43.5 Å². The van der Waals surface area contributed by atoms with Gasteiger partial charge in [-0.2, -0.15) is 5.10 Å².